The number of aliphatic hydroxyl groups is 1. The van der Waals surface area contributed by atoms with E-state index in [1.54, 1.807) is 17.4 Å². The van der Waals surface area contributed by atoms with Gasteiger partial charge in [0.05, 0.1) is 22.3 Å². The van der Waals surface area contributed by atoms with Gasteiger partial charge in [-0.1, -0.05) is 36.2 Å². The molecule has 1 aromatic heterocycles. The highest BCUT2D eigenvalue weighted by Gasteiger charge is 2.11. The zero-order valence-corrected chi connectivity index (χ0v) is 13.5. The molecular formula is C14H16Cl2N2OS. The monoisotopic (exact) mass is 330 g/mol. The summed E-state index contributed by atoms with van der Waals surface area (Å²) in [7, 11) is 0. The molecular weight excluding hydrogens is 315 g/mol. The minimum absolute atomic E-state index is 0.127. The molecule has 0 spiro atoms. The lowest BCUT2D eigenvalue weighted by molar-refractivity contribution is 0.302. The van der Waals surface area contributed by atoms with Crippen LogP contribution in [-0.2, 0) is 0 Å². The summed E-state index contributed by atoms with van der Waals surface area (Å²) >= 11 is 13.5. The minimum atomic E-state index is 0.127. The van der Waals surface area contributed by atoms with Crippen LogP contribution in [0.25, 0.3) is 11.3 Å². The highest BCUT2D eigenvalue weighted by atomic mass is 35.5. The first kappa shape index (κ1) is 15.6. The van der Waals surface area contributed by atoms with Crippen LogP contribution in [0.1, 0.15) is 13.3 Å². The fraction of sp³-hybridized carbons (Fsp3) is 0.357. The van der Waals surface area contributed by atoms with E-state index in [0.29, 0.717) is 16.6 Å². The first-order chi connectivity index (χ1) is 9.65. The van der Waals surface area contributed by atoms with Crippen molar-refractivity contribution in [2.24, 2.45) is 0 Å². The Bertz CT molecular complexity index is 568. The van der Waals surface area contributed by atoms with Crippen LogP contribution in [0, 0.1) is 0 Å². The van der Waals surface area contributed by atoms with E-state index in [2.05, 4.69) is 16.8 Å². The first-order valence-corrected chi connectivity index (χ1v) is 8.06. The van der Waals surface area contributed by atoms with E-state index >= 15 is 0 Å². The van der Waals surface area contributed by atoms with Crippen molar-refractivity contribution in [1.82, 2.24) is 4.98 Å². The molecule has 0 amide bonds. The number of anilines is 1. The van der Waals surface area contributed by atoms with Crippen LogP contribution in [0.5, 0.6) is 0 Å². The maximum atomic E-state index is 9.12. The van der Waals surface area contributed by atoms with E-state index in [1.807, 2.05) is 17.5 Å². The van der Waals surface area contributed by atoms with Crippen LogP contribution in [0.2, 0.25) is 10.0 Å². The Morgan fingerprint density at radius 1 is 1.25 bits per heavy atom. The third-order valence-corrected chi connectivity index (χ3v) is 4.48. The number of aromatic nitrogens is 1. The Morgan fingerprint density at radius 2 is 2.05 bits per heavy atom. The smallest absolute Gasteiger partial charge is 0.185 e. The summed E-state index contributed by atoms with van der Waals surface area (Å²) in [5.41, 5.74) is 1.82. The number of halogens is 2. The van der Waals surface area contributed by atoms with Crippen molar-refractivity contribution >= 4 is 39.7 Å². The van der Waals surface area contributed by atoms with Crippen molar-refractivity contribution < 1.29 is 5.11 Å². The van der Waals surface area contributed by atoms with Gasteiger partial charge in [-0.15, -0.1) is 11.3 Å². The SMILES string of the molecule is CCCN(CCO)c1nc(-c2ccc(Cl)c(Cl)c2)cs1. The summed E-state index contributed by atoms with van der Waals surface area (Å²) in [5.74, 6) is 0. The molecule has 1 aromatic carbocycles. The number of nitrogens with zero attached hydrogens (tertiary/aromatic N) is 2. The normalized spacial score (nSPS) is 10.8. The van der Waals surface area contributed by atoms with Crippen LogP contribution >= 0.6 is 34.5 Å². The maximum absolute atomic E-state index is 9.12. The predicted octanol–water partition coefficient (Wildman–Crippen LogP) is 4.33. The summed E-state index contributed by atoms with van der Waals surface area (Å²) in [6.45, 7) is 3.72. The second kappa shape index (κ2) is 7.27. The lowest BCUT2D eigenvalue weighted by Crippen LogP contribution is -2.27. The molecule has 0 radical (unpaired) electrons. The van der Waals surface area contributed by atoms with Crippen LogP contribution in [0.15, 0.2) is 23.6 Å². The number of rotatable bonds is 6. The standard InChI is InChI=1S/C14H16Cl2N2OS/c1-2-5-18(6-7-19)14-17-13(9-20-14)10-3-4-11(15)12(16)8-10/h3-4,8-9,19H,2,5-7H2,1H3. The van der Waals surface area contributed by atoms with E-state index in [9.17, 15) is 0 Å². The van der Waals surface area contributed by atoms with Crippen molar-refractivity contribution in [1.29, 1.82) is 0 Å². The zero-order chi connectivity index (χ0) is 14.5. The van der Waals surface area contributed by atoms with E-state index in [4.69, 9.17) is 28.3 Å². The second-order valence-corrected chi connectivity index (χ2v) is 6.01. The molecule has 0 aliphatic heterocycles. The summed E-state index contributed by atoms with van der Waals surface area (Å²) in [4.78, 5) is 6.71. The summed E-state index contributed by atoms with van der Waals surface area (Å²) in [5, 5.41) is 13.1. The fourth-order valence-electron chi connectivity index (χ4n) is 1.89. The molecule has 0 aliphatic carbocycles. The van der Waals surface area contributed by atoms with Crippen molar-refractivity contribution in [2.45, 2.75) is 13.3 Å². The Hall–Kier alpha value is -0.810. The molecule has 0 unspecified atom stereocenters. The average molecular weight is 331 g/mol. The Labute approximate surface area is 132 Å². The highest BCUT2D eigenvalue weighted by molar-refractivity contribution is 7.14. The predicted molar refractivity (Wildman–Crippen MR) is 87.2 cm³/mol. The molecule has 0 aliphatic rings. The molecule has 20 heavy (non-hydrogen) atoms. The highest BCUT2D eigenvalue weighted by Crippen LogP contribution is 2.31. The molecule has 2 aromatic rings. The molecule has 108 valence electrons. The lowest BCUT2D eigenvalue weighted by Gasteiger charge is -2.19. The second-order valence-electron chi connectivity index (χ2n) is 4.35. The van der Waals surface area contributed by atoms with Crippen molar-refractivity contribution in [3.05, 3.63) is 33.6 Å². The summed E-state index contributed by atoms with van der Waals surface area (Å²) < 4.78 is 0. The van der Waals surface area contributed by atoms with Crippen LogP contribution in [0.4, 0.5) is 5.13 Å². The third kappa shape index (κ3) is 3.64. The molecule has 1 heterocycles. The quantitative estimate of drug-likeness (QED) is 0.856. The van der Waals surface area contributed by atoms with Gasteiger partial charge in [0.1, 0.15) is 0 Å². The lowest BCUT2D eigenvalue weighted by atomic mass is 10.2. The van der Waals surface area contributed by atoms with Gasteiger partial charge in [0.25, 0.3) is 0 Å². The Balaban J connectivity index is 2.24. The van der Waals surface area contributed by atoms with Crippen molar-refractivity contribution in [3.63, 3.8) is 0 Å². The maximum Gasteiger partial charge on any atom is 0.185 e. The van der Waals surface area contributed by atoms with Gasteiger partial charge in [-0.05, 0) is 18.6 Å². The van der Waals surface area contributed by atoms with E-state index in [1.165, 1.54) is 0 Å². The molecule has 0 fully saturated rings. The molecule has 0 bridgehead atoms. The number of thiazole rings is 1. The molecule has 0 atom stereocenters. The van der Waals surface area contributed by atoms with Crippen molar-refractivity contribution in [3.8, 4) is 11.3 Å². The van der Waals surface area contributed by atoms with E-state index in [-0.39, 0.29) is 6.61 Å². The molecule has 1 N–H and O–H groups in total. The van der Waals surface area contributed by atoms with Gasteiger partial charge >= 0.3 is 0 Å². The largest absolute Gasteiger partial charge is 0.395 e. The summed E-state index contributed by atoms with van der Waals surface area (Å²) in [6.07, 6.45) is 1.02. The van der Waals surface area contributed by atoms with Gasteiger partial charge in [0, 0.05) is 24.0 Å². The van der Waals surface area contributed by atoms with Gasteiger partial charge in [-0.3, -0.25) is 0 Å². The van der Waals surface area contributed by atoms with Crippen LogP contribution in [-0.4, -0.2) is 29.8 Å². The van der Waals surface area contributed by atoms with Gasteiger partial charge in [0.2, 0.25) is 0 Å². The van der Waals surface area contributed by atoms with Crippen LogP contribution in [0.3, 0.4) is 0 Å². The minimum Gasteiger partial charge on any atom is -0.395 e. The van der Waals surface area contributed by atoms with Crippen molar-refractivity contribution in [2.75, 3.05) is 24.6 Å². The number of hydrogen-bond acceptors (Lipinski definition) is 4. The van der Waals surface area contributed by atoms with E-state index < -0.39 is 0 Å². The van der Waals surface area contributed by atoms with Gasteiger partial charge in [-0.2, -0.15) is 0 Å². The molecule has 0 saturated carbocycles. The number of hydrogen-bond donors (Lipinski definition) is 1. The Morgan fingerprint density at radius 3 is 2.70 bits per heavy atom. The zero-order valence-electron chi connectivity index (χ0n) is 11.1. The molecule has 3 nitrogen and oxygen atoms in total. The molecule has 2 rings (SSSR count). The topological polar surface area (TPSA) is 36.4 Å². The molecule has 0 saturated heterocycles. The van der Waals surface area contributed by atoms with Gasteiger partial charge < -0.3 is 10.0 Å². The van der Waals surface area contributed by atoms with E-state index in [0.717, 1.165) is 29.4 Å². The average Bonchev–Trinajstić information content (AvgIpc) is 2.91. The molecule has 6 heteroatoms. The first-order valence-electron chi connectivity index (χ1n) is 6.42. The number of benzene rings is 1. The van der Waals surface area contributed by atoms with Gasteiger partial charge in [-0.25, -0.2) is 4.98 Å². The fourth-order valence-corrected chi connectivity index (χ4v) is 3.08. The Kier molecular flexibility index (Phi) is 5.66. The van der Waals surface area contributed by atoms with Crippen LogP contribution < -0.4 is 4.90 Å². The number of aliphatic hydroxyl groups excluding tert-OH is 1. The summed E-state index contributed by atoms with van der Waals surface area (Å²) in [6, 6.07) is 5.50. The van der Waals surface area contributed by atoms with Gasteiger partial charge in [0.15, 0.2) is 5.13 Å². The third-order valence-electron chi connectivity index (χ3n) is 2.84.